The predicted molar refractivity (Wildman–Crippen MR) is 116 cm³/mol. The molecule has 1 unspecified atom stereocenters. The highest BCUT2D eigenvalue weighted by atomic mass is 19.1. The monoisotopic (exact) mass is 454 g/mol. The Morgan fingerprint density at radius 3 is 2.76 bits per heavy atom. The molecule has 4 rings (SSSR count). The number of nitrogens with zero attached hydrogens (tertiary/aromatic N) is 4. The Morgan fingerprint density at radius 1 is 1.30 bits per heavy atom. The van der Waals surface area contributed by atoms with Crippen molar-refractivity contribution in [2.75, 3.05) is 24.8 Å². The molecule has 1 aromatic carbocycles. The van der Waals surface area contributed by atoms with E-state index in [0.717, 1.165) is 0 Å². The van der Waals surface area contributed by atoms with Gasteiger partial charge in [-0.15, -0.1) is 0 Å². The number of hydrogen-bond donors (Lipinski definition) is 2. The summed E-state index contributed by atoms with van der Waals surface area (Å²) in [6.45, 7) is 3.57. The maximum atomic E-state index is 14.2. The van der Waals surface area contributed by atoms with Gasteiger partial charge in [-0.1, -0.05) is 18.2 Å². The van der Waals surface area contributed by atoms with E-state index in [2.05, 4.69) is 20.4 Å². The van der Waals surface area contributed by atoms with Gasteiger partial charge in [-0.05, 0) is 26.0 Å². The quantitative estimate of drug-likeness (QED) is 0.409. The predicted octanol–water partition coefficient (Wildman–Crippen LogP) is 2.03. The second-order valence-corrected chi connectivity index (χ2v) is 7.66. The highest BCUT2D eigenvalue weighted by Crippen LogP contribution is 2.41. The van der Waals surface area contributed by atoms with Crippen LogP contribution in [0.25, 0.3) is 11.5 Å². The maximum Gasteiger partial charge on any atom is 0.326 e. The SMILES string of the molecule is CCOC(=O)C1(C)C(=O)Nc2nc(-c3cc(COC)n(Cc4ccccc4F)n3)nc(N)c21. The lowest BCUT2D eigenvalue weighted by Gasteiger charge is -2.20. The number of anilines is 2. The average molecular weight is 454 g/mol. The van der Waals surface area contributed by atoms with Crippen LogP contribution in [-0.4, -0.2) is 45.3 Å². The van der Waals surface area contributed by atoms with Gasteiger partial charge < -0.3 is 20.5 Å². The molecule has 0 saturated heterocycles. The molecule has 10 nitrogen and oxygen atoms in total. The van der Waals surface area contributed by atoms with Crippen LogP contribution in [0.1, 0.15) is 30.7 Å². The lowest BCUT2D eigenvalue weighted by Crippen LogP contribution is -2.41. The van der Waals surface area contributed by atoms with Gasteiger partial charge in [-0.25, -0.2) is 14.4 Å². The minimum atomic E-state index is -1.65. The first-order valence-electron chi connectivity index (χ1n) is 10.3. The minimum absolute atomic E-state index is 0.0409. The number of esters is 1. The number of ether oxygens (including phenoxy) is 2. The molecule has 0 fully saturated rings. The number of halogens is 1. The zero-order chi connectivity index (χ0) is 23.8. The van der Waals surface area contributed by atoms with Crippen LogP contribution in [0.15, 0.2) is 30.3 Å². The number of rotatable bonds is 7. The smallest absolute Gasteiger partial charge is 0.326 e. The number of nitrogen functional groups attached to an aromatic ring is 1. The van der Waals surface area contributed by atoms with Crippen molar-refractivity contribution in [2.45, 2.75) is 32.4 Å². The number of methoxy groups -OCH3 is 1. The van der Waals surface area contributed by atoms with Gasteiger partial charge in [0.15, 0.2) is 11.2 Å². The second-order valence-electron chi connectivity index (χ2n) is 7.66. The maximum absolute atomic E-state index is 14.2. The van der Waals surface area contributed by atoms with Crippen molar-refractivity contribution >= 4 is 23.5 Å². The van der Waals surface area contributed by atoms with Crippen LogP contribution in [0.5, 0.6) is 0 Å². The molecule has 2 aromatic heterocycles. The number of nitrogens with two attached hydrogens (primary N) is 1. The molecule has 0 saturated carbocycles. The van der Waals surface area contributed by atoms with Crippen molar-refractivity contribution < 1.29 is 23.5 Å². The van der Waals surface area contributed by atoms with E-state index >= 15 is 0 Å². The largest absolute Gasteiger partial charge is 0.465 e. The summed E-state index contributed by atoms with van der Waals surface area (Å²) in [7, 11) is 1.54. The summed E-state index contributed by atoms with van der Waals surface area (Å²) in [5, 5.41) is 7.10. The first-order chi connectivity index (χ1) is 15.8. The summed E-state index contributed by atoms with van der Waals surface area (Å²) in [6, 6.07) is 8.11. The van der Waals surface area contributed by atoms with Crippen molar-refractivity contribution in [3.8, 4) is 11.5 Å². The average Bonchev–Trinajstić information content (AvgIpc) is 3.29. The first-order valence-corrected chi connectivity index (χ1v) is 10.3. The number of fused-ring (bicyclic) bond motifs is 1. The number of benzene rings is 1. The van der Waals surface area contributed by atoms with Gasteiger partial charge in [0.25, 0.3) is 0 Å². The summed E-state index contributed by atoms with van der Waals surface area (Å²) < 4.78 is 26.1. The number of carbonyl (C=O) groups is 2. The van der Waals surface area contributed by atoms with E-state index in [1.807, 2.05) is 0 Å². The molecule has 0 radical (unpaired) electrons. The number of carbonyl (C=O) groups excluding carboxylic acids is 2. The van der Waals surface area contributed by atoms with Gasteiger partial charge in [0, 0.05) is 12.7 Å². The van der Waals surface area contributed by atoms with Crippen molar-refractivity contribution in [1.29, 1.82) is 0 Å². The zero-order valence-electron chi connectivity index (χ0n) is 18.4. The molecule has 0 spiro atoms. The second kappa shape index (κ2) is 8.58. The Labute approximate surface area is 188 Å². The molecular weight excluding hydrogens is 431 g/mol. The third kappa shape index (κ3) is 3.80. The third-order valence-corrected chi connectivity index (χ3v) is 5.47. The van der Waals surface area contributed by atoms with Gasteiger partial charge in [-0.3, -0.25) is 14.3 Å². The molecule has 3 aromatic rings. The molecule has 3 heterocycles. The van der Waals surface area contributed by atoms with E-state index in [-0.39, 0.29) is 48.6 Å². The van der Waals surface area contributed by atoms with Crippen molar-refractivity contribution in [3.05, 3.63) is 53.0 Å². The van der Waals surface area contributed by atoms with E-state index in [0.29, 0.717) is 17.0 Å². The zero-order valence-corrected chi connectivity index (χ0v) is 18.4. The van der Waals surface area contributed by atoms with Crippen LogP contribution in [0.4, 0.5) is 16.0 Å². The van der Waals surface area contributed by atoms with E-state index in [9.17, 15) is 14.0 Å². The lowest BCUT2D eigenvalue weighted by molar-refractivity contribution is -0.152. The number of nitrogens with one attached hydrogen (secondary N) is 1. The van der Waals surface area contributed by atoms with Crippen LogP contribution in [0.2, 0.25) is 0 Å². The van der Waals surface area contributed by atoms with Crippen LogP contribution in [0.3, 0.4) is 0 Å². The fourth-order valence-corrected chi connectivity index (χ4v) is 3.75. The van der Waals surface area contributed by atoms with Crippen LogP contribution >= 0.6 is 0 Å². The lowest BCUT2D eigenvalue weighted by atomic mass is 9.84. The van der Waals surface area contributed by atoms with E-state index in [4.69, 9.17) is 15.2 Å². The van der Waals surface area contributed by atoms with Gasteiger partial charge in [0.05, 0.1) is 31.0 Å². The molecule has 1 atom stereocenters. The summed E-state index contributed by atoms with van der Waals surface area (Å²) in [5.41, 5.74) is 6.15. The molecule has 1 aliphatic rings. The highest BCUT2D eigenvalue weighted by Gasteiger charge is 2.53. The van der Waals surface area contributed by atoms with Crippen molar-refractivity contribution in [2.24, 2.45) is 0 Å². The van der Waals surface area contributed by atoms with E-state index < -0.39 is 17.3 Å². The highest BCUT2D eigenvalue weighted by molar-refractivity contribution is 6.19. The number of hydrogen-bond acceptors (Lipinski definition) is 8. The summed E-state index contributed by atoms with van der Waals surface area (Å²) in [4.78, 5) is 33.8. The molecule has 0 aliphatic carbocycles. The number of amides is 1. The molecule has 0 bridgehead atoms. The fraction of sp³-hybridized carbons (Fsp3) is 0.318. The van der Waals surface area contributed by atoms with E-state index in [1.165, 1.54) is 20.1 Å². The first kappa shape index (κ1) is 22.3. The molecule has 11 heteroatoms. The summed E-state index contributed by atoms with van der Waals surface area (Å²) in [5.74, 6) is -1.46. The van der Waals surface area contributed by atoms with Crippen LogP contribution < -0.4 is 11.1 Å². The molecule has 172 valence electrons. The Morgan fingerprint density at radius 2 is 2.06 bits per heavy atom. The molecule has 33 heavy (non-hydrogen) atoms. The minimum Gasteiger partial charge on any atom is -0.465 e. The molecular formula is C22H23FN6O4. The Balaban J connectivity index is 1.75. The van der Waals surface area contributed by atoms with Gasteiger partial charge in [0.1, 0.15) is 23.1 Å². The van der Waals surface area contributed by atoms with E-state index in [1.54, 1.807) is 35.9 Å². The Kier molecular flexibility index (Phi) is 5.81. The molecule has 3 N–H and O–H groups in total. The third-order valence-electron chi connectivity index (χ3n) is 5.47. The van der Waals surface area contributed by atoms with Gasteiger partial charge >= 0.3 is 5.97 Å². The van der Waals surface area contributed by atoms with Gasteiger partial charge in [0.2, 0.25) is 5.91 Å². The van der Waals surface area contributed by atoms with Crippen LogP contribution in [0, 0.1) is 5.82 Å². The molecule has 1 amide bonds. The topological polar surface area (TPSA) is 134 Å². The normalized spacial score (nSPS) is 17.0. The van der Waals surface area contributed by atoms with Crippen molar-refractivity contribution in [3.63, 3.8) is 0 Å². The van der Waals surface area contributed by atoms with Gasteiger partial charge in [-0.2, -0.15) is 5.10 Å². The number of aromatic nitrogens is 4. The molecule has 1 aliphatic heterocycles. The summed E-state index contributed by atoms with van der Waals surface area (Å²) >= 11 is 0. The Bertz CT molecular complexity index is 1240. The van der Waals surface area contributed by atoms with Crippen molar-refractivity contribution in [1.82, 2.24) is 19.7 Å². The summed E-state index contributed by atoms with van der Waals surface area (Å²) in [6.07, 6.45) is 0. The van der Waals surface area contributed by atoms with Crippen LogP contribution in [-0.2, 0) is 37.6 Å². The Hall–Kier alpha value is -3.86. The fourth-order valence-electron chi connectivity index (χ4n) is 3.75. The standard InChI is InChI=1S/C22H23FN6O4/c1-4-33-21(31)22(2)16-17(24)25-18(26-19(16)27-20(22)30)15-9-13(11-32-3)29(28-15)10-12-7-5-6-8-14(12)23/h5-9H,4,10-11H2,1-3H3,(H3,24,25,26,27,30).